The quantitative estimate of drug-likeness (QED) is 0.422. The van der Waals surface area contributed by atoms with Gasteiger partial charge in [0.15, 0.2) is 0 Å². The van der Waals surface area contributed by atoms with Gasteiger partial charge in [-0.25, -0.2) is 0 Å². The Labute approximate surface area is 94.0 Å². The van der Waals surface area contributed by atoms with Gasteiger partial charge in [0.2, 0.25) is 0 Å². The first-order valence-corrected chi connectivity index (χ1v) is 5.33. The fourth-order valence-electron chi connectivity index (χ4n) is 2.74. The smallest absolute Gasteiger partial charge is 0.302 e. The molecule has 0 atom stereocenters. The van der Waals surface area contributed by atoms with Gasteiger partial charge < -0.3 is 10.6 Å². The maximum Gasteiger partial charge on any atom is 0.302 e. The molecule has 1 spiro atoms. The van der Waals surface area contributed by atoms with Gasteiger partial charge in [0.1, 0.15) is 6.21 Å². The average Bonchev–Trinajstić information content (AvgIpc) is 2.11. The van der Waals surface area contributed by atoms with Crippen molar-refractivity contribution < 1.29 is 4.92 Å². The van der Waals surface area contributed by atoms with Crippen LogP contribution < -0.4 is 5.73 Å². The van der Waals surface area contributed by atoms with Gasteiger partial charge in [-0.1, -0.05) is 0 Å². The summed E-state index contributed by atoms with van der Waals surface area (Å²) in [5.41, 5.74) is 5.45. The maximum atomic E-state index is 10.4. The van der Waals surface area contributed by atoms with Crippen molar-refractivity contribution >= 4 is 6.21 Å². The SMILES string of the molecule is CN1CC2(CC(N=C/C(=C\N)[N+](=O)[O-])C2)C1. The molecule has 1 saturated carbocycles. The number of nitrogens with two attached hydrogens (primary N) is 1. The Morgan fingerprint density at radius 2 is 2.25 bits per heavy atom. The molecule has 1 saturated heterocycles. The number of hydrogen-bond acceptors (Lipinski definition) is 5. The minimum atomic E-state index is -0.519. The first-order chi connectivity index (χ1) is 7.54. The Balaban J connectivity index is 1.81. The lowest BCUT2D eigenvalue weighted by atomic mass is 9.61. The molecule has 0 bridgehead atoms. The van der Waals surface area contributed by atoms with E-state index in [0.717, 1.165) is 32.1 Å². The number of likely N-dealkylation sites (tertiary alicyclic amines) is 1. The summed E-state index contributed by atoms with van der Waals surface area (Å²) in [5, 5.41) is 10.4. The van der Waals surface area contributed by atoms with E-state index < -0.39 is 4.92 Å². The minimum absolute atomic E-state index is 0.133. The Hall–Kier alpha value is -1.43. The summed E-state index contributed by atoms with van der Waals surface area (Å²) in [6, 6.07) is 0.239. The van der Waals surface area contributed by atoms with Gasteiger partial charge in [-0.15, -0.1) is 0 Å². The van der Waals surface area contributed by atoms with Crippen LogP contribution in [-0.2, 0) is 0 Å². The first-order valence-electron chi connectivity index (χ1n) is 5.33. The van der Waals surface area contributed by atoms with E-state index in [9.17, 15) is 10.1 Å². The molecule has 0 aromatic heterocycles. The summed E-state index contributed by atoms with van der Waals surface area (Å²) in [5.74, 6) is 0. The summed E-state index contributed by atoms with van der Waals surface area (Å²) >= 11 is 0. The van der Waals surface area contributed by atoms with Crippen LogP contribution in [0, 0.1) is 15.5 Å². The molecule has 0 amide bonds. The number of aliphatic imine (C=N–C) groups is 1. The number of nitrogens with zero attached hydrogens (tertiary/aromatic N) is 3. The van der Waals surface area contributed by atoms with Gasteiger partial charge in [-0.05, 0) is 25.3 Å². The Kier molecular flexibility index (Phi) is 2.67. The van der Waals surface area contributed by atoms with Crippen molar-refractivity contribution in [3.8, 4) is 0 Å². The van der Waals surface area contributed by atoms with Crippen LogP contribution >= 0.6 is 0 Å². The van der Waals surface area contributed by atoms with Gasteiger partial charge in [0.05, 0.1) is 17.2 Å². The van der Waals surface area contributed by atoms with Crippen LogP contribution in [0.15, 0.2) is 16.9 Å². The van der Waals surface area contributed by atoms with Crippen molar-refractivity contribution in [2.45, 2.75) is 18.9 Å². The summed E-state index contributed by atoms with van der Waals surface area (Å²) in [6.07, 6.45) is 4.35. The molecule has 1 aliphatic heterocycles. The van der Waals surface area contributed by atoms with E-state index in [2.05, 4.69) is 16.9 Å². The van der Waals surface area contributed by atoms with Crippen molar-refractivity contribution in [2.24, 2.45) is 16.1 Å². The van der Waals surface area contributed by atoms with E-state index >= 15 is 0 Å². The molecule has 2 N–H and O–H groups in total. The zero-order valence-corrected chi connectivity index (χ0v) is 9.30. The van der Waals surface area contributed by atoms with Crippen molar-refractivity contribution in [2.75, 3.05) is 20.1 Å². The van der Waals surface area contributed by atoms with Crippen LogP contribution in [0.3, 0.4) is 0 Å². The fraction of sp³-hybridized carbons (Fsp3) is 0.700. The van der Waals surface area contributed by atoms with Gasteiger partial charge in [-0.2, -0.15) is 0 Å². The van der Waals surface area contributed by atoms with E-state index in [1.807, 2.05) is 0 Å². The molecule has 0 unspecified atom stereocenters. The molecular formula is C10H16N4O2. The van der Waals surface area contributed by atoms with Gasteiger partial charge in [0.25, 0.3) is 0 Å². The molecule has 6 nitrogen and oxygen atoms in total. The molecule has 2 fully saturated rings. The molecule has 0 radical (unpaired) electrons. The molecule has 2 aliphatic rings. The van der Waals surface area contributed by atoms with E-state index in [4.69, 9.17) is 5.73 Å². The zero-order valence-electron chi connectivity index (χ0n) is 9.30. The second-order valence-corrected chi connectivity index (χ2v) is 4.86. The lowest BCUT2D eigenvalue weighted by molar-refractivity contribution is -0.414. The van der Waals surface area contributed by atoms with Crippen LogP contribution in [0.4, 0.5) is 0 Å². The van der Waals surface area contributed by atoms with Crippen LogP contribution in [0.25, 0.3) is 0 Å². The minimum Gasteiger partial charge on any atom is -0.399 e. The van der Waals surface area contributed by atoms with Crippen molar-refractivity contribution in [1.82, 2.24) is 4.90 Å². The lowest BCUT2D eigenvalue weighted by Gasteiger charge is -2.57. The maximum absolute atomic E-state index is 10.4. The van der Waals surface area contributed by atoms with Crippen molar-refractivity contribution in [1.29, 1.82) is 0 Å². The standard InChI is InChI=1S/C10H16N4O2/c1-13-6-10(7-13)2-8(3-10)12-5-9(4-11)14(15)16/h4-5,8H,2-3,6-7,11H2,1H3/b9-4+,12-5?. The zero-order chi connectivity index (χ0) is 11.8. The van der Waals surface area contributed by atoms with Gasteiger partial charge in [-0.3, -0.25) is 15.1 Å². The van der Waals surface area contributed by atoms with Crippen LogP contribution in [0.5, 0.6) is 0 Å². The topological polar surface area (TPSA) is 84.8 Å². The number of hydrogen-bond donors (Lipinski definition) is 1. The summed E-state index contributed by atoms with van der Waals surface area (Å²) in [4.78, 5) is 16.4. The highest BCUT2D eigenvalue weighted by atomic mass is 16.6. The molecule has 16 heavy (non-hydrogen) atoms. The van der Waals surface area contributed by atoms with E-state index in [-0.39, 0.29) is 11.7 Å². The highest BCUT2D eigenvalue weighted by molar-refractivity contribution is 5.75. The summed E-state index contributed by atoms with van der Waals surface area (Å²) in [6.45, 7) is 2.27. The highest BCUT2D eigenvalue weighted by Crippen LogP contribution is 2.48. The molecular weight excluding hydrogens is 208 g/mol. The molecule has 1 aliphatic carbocycles. The normalized spacial score (nSPS) is 25.7. The Morgan fingerprint density at radius 1 is 1.62 bits per heavy atom. The van der Waals surface area contributed by atoms with Crippen molar-refractivity contribution in [3.05, 3.63) is 22.0 Å². The number of rotatable bonds is 3. The first kappa shape index (κ1) is 11.1. The third-order valence-electron chi connectivity index (χ3n) is 3.35. The molecule has 1 heterocycles. The Bertz CT molecular complexity index is 350. The van der Waals surface area contributed by atoms with E-state index in [1.54, 1.807) is 0 Å². The van der Waals surface area contributed by atoms with Crippen LogP contribution in [0.2, 0.25) is 0 Å². The van der Waals surface area contributed by atoms with Crippen molar-refractivity contribution in [3.63, 3.8) is 0 Å². The largest absolute Gasteiger partial charge is 0.399 e. The van der Waals surface area contributed by atoms with E-state index in [0.29, 0.717) is 5.41 Å². The third-order valence-corrected chi connectivity index (χ3v) is 3.35. The molecule has 0 aromatic rings. The molecule has 6 heteroatoms. The van der Waals surface area contributed by atoms with Crippen LogP contribution in [-0.4, -0.2) is 42.2 Å². The highest BCUT2D eigenvalue weighted by Gasteiger charge is 2.50. The van der Waals surface area contributed by atoms with E-state index in [1.165, 1.54) is 6.21 Å². The average molecular weight is 224 g/mol. The Morgan fingerprint density at radius 3 is 2.69 bits per heavy atom. The van der Waals surface area contributed by atoms with Crippen LogP contribution in [0.1, 0.15) is 12.8 Å². The molecule has 88 valence electrons. The van der Waals surface area contributed by atoms with Gasteiger partial charge >= 0.3 is 5.70 Å². The predicted octanol–water partition coefficient (Wildman–Crippen LogP) is 0.228. The monoisotopic (exact) mass is 224 g/mol. The van der Waals surface area contributed by atoms with Gasteiger partial charge in [0, 0.05) is 13.1 Å². The second kappa shape index (κ2) is 3.86. The second-order valence-electron chi connectivity index (χ2n) is 4.86. The number of nitro groups is 1. The molecule has 0 aromatic carbocycles. The summed E-state index contributed by atoms with van der Waals surface area (Å²) < 4.78 is 0. The molecule has 2 rings (SSSR count). The summed E-state index contributed by atoms with van der Waals surface area (Å²) in [7, 11) is 2.10. The lowest BCUT2D eigenvalue weighted by Crippen LogP contribution is -2.61. The predicted molar refractivity (Wildman–Crippen MR) is 60.7 cm³/mol. The third kappa shape index (κ3) is 1.92. The number of allylic oxidation sites excluding steroid dienone is 1. The fourth-order valence-corrected chi connectivity index (χ4v) is 2.74.